The Morgan fingerprint density at radius 2 is 2.29 bits per heavy atom. The van der Waals surface area contributed by atoms with Crippen molar-refractivity contribution >= 4 is 15.9 Å². The number of hydrogen-bond donors (Lipinski definition) is 1. The van der Waals surface area contributed by atoms with Gasteiger partial charge < -0.3 is 4.90 Å². The Kier molecular flexibility index (Phi) is 4.80. The molecule has 21 heavy (non-hydrogen) atoms. The van der Waals surface area contributed by atoms with Crippen molar-refractivity contribution in [1.29, 1.82) is 0 Å². The van der Waals surface area contributed by atoms with Gasteiger partial charge in [0.05, 0.1) is 0 Å². The Balaban J connectivity index is 1.93. The number of rotatable bonds is 5. The number of nitrogens with zero attached hydrogens (tertiary/aromatic N) is 1. The molecule has 1 atom stereocenters. The van der Waals surface area contributed by atoms with Crippen LogP contribution >= 0.6 is 0 Å². The summed E-state index contributed by atoms with van der Waals surface area (Å²) in [6.07, 6.45) is 0.803. The van der Waals surface area contributed by atoms with Crippen LogP contribution in [0.5, 0.6) is 0 Å². The van der Waals surface area contributed by atoms with Crippen molar-refractivity contribution in [3.8, 4) is 0 Å². The molecule has 0 aliphatic carbocycles. The topological polar surface area (TPSA) is 66.5 Å². The number of amides is 1. The van der Waals surface area contributed by atoms with E-state index in [2.05, 4.69) is 11.3 Å². The fourth-order valence-corrected chi connectivity index (χ4v) is 3.02. The molecule has 0 aromatic heterocycles. The van der Waals surface area contributed by atoms with Crippen molar-refractivity contribution < 1.29 is 13.2 Å². The number of carbonyl (C=O) groups excluding carboxylic acids is 1. The monoisotopic (exact) mass is 308 g/mol. The molecule has 5 nitrogen and oxygen atoms in total. The molecule has 114 valence electrons. The fraction of sp³-hybridized carbons (Fsp3) is 0.400. The minimum Gasteiger partial charge on any atom is -0.338 e. The number of likely N-dealkylation sites (tertiary alicyclic amines) is 1. The lowest BCUT2D eigenvalue weighted by Crippen LogP contribution is -2.32. The van der Waals surface area contributed by atoms with Crippen LogP contribution in [0.25, 0.3) is 0 Å². The van der Waals surface area contributed by atoms with E-state index in [4.69, 9.17) is 0 Å². The zero-order chi connectivity index (χ0) is 15.5. The van der Waals surface area contributed by atoms with Crippen LogP contribution in [-0.4, -0.2) is 38.9 Å². The van der Waals surface area contributed by atoms with Gasteiger partial charge in [-0.2, -0.15) is 0 Å². The quantitative estimate of drug-likeness (QED) is 0.897. The second kappa shape index (κ2) is 6.41. The van der Waals surface area contributed by atoms with Gasteiger partial charge in [0.1, 0.15) is 0 Å². The lowest BCUT2D eigenvalue weighted by Gasteiger charge is -2.17. The van der Waals surface area contributed by atoms with E-state index in [0.29, 0.717) is 25.2 Å². The number of sulfonamides is 1. The molecule has 1 N–H and O–H groups in total. The number of carbonyl (C=O) groups is 1. The Morgan fingerprint density at radius 1 is 1.52 bits per heavy atom. The Morgan fingerprint density at radius 3 is 2.95 bits per heavy atom. The van der Waals surface area contributed by atoms with Crippen LogP contribution in [0, 0.1) is 12.8 Å². The number of aryl methyl sites for hydroxylation is 1. The number of nitrogens with one attached hydrogen (secondary N) is 1. The van der Waals surface area contributed by atoms with Crippen molar-refractivity contribution in [1.82, 2.24) is 9.62 Å². The van der Waals surface area contributed by atoms with Gasteiger partial charge in [-0.05, 0) is 31.4 Å². The van der Waals surface area contributed by atoms with Crippen molar-refractivity contribution in [3.05, 3.63) is 47.4 Å². The van der Waals surface area contributed by atoms with Gasteiger partial charge in [-0.15, -0.1) is 0 Å². The zero-order valence-electron chi connectivity index (χ0n) is 12.1. The molecule has 0 unspecified atom stereocenters. The third kappa shape index (κ3) is 4.15. The van der Waals surface area contributed by atoms with Crippen molar-refractivity contribution in [2.45, 2.75) is 13.3 Å². The van der Waals surface area contributed by atoms with Gasteiger partial charge in [-0.1, -0.05) is 24.3 Å². The van der Waals surface area contributed by atoms with Crippen LogP contribution in [0.2, 0.25) is 0 Å². The average Bonchev–Trinajstić information content (AvgIpc) is 2.93. The first kappa shape index (κ1) is 15.7. The standard InChI is InChI=1S/C15H20N2O3S/c1-3-21(19,20)16-10-13-7-8-17(11-13)15(18)14-6-4-5-12(2)9-14/h3-6,9,13,16H,1,7-8,10-11H2,2H3/t13-/m1/s1. The summed E-state index contributed by atoms with van der Waals surface area (Å²) in [5, 5.41) is 0.900. The second-order valence-corrected chi connectivity index (χ2v) is 7.05. The van der Waals surface area contributed by atoms with Gasteiger partial charge in [-0.25, -0.2) is 13.1 Å². The van der Waals surface area contributed by atoms with Gasteiger partial charge in [0.25, 0.3) is 5.91 Å². The second-order valence-electron chi connectivity index (χ2n) is 5.34. The Bertz CT molecular complexity index is 640. The first-order valence-corrected chi connectivity index (χ1v) is 8.44. The predicted octanol–water partition coefficient (Wildman–Crippen LogP) is 1.52. The largest absolute Gasteiger partial charge is 0.338 e. The van der Waals surface area contributed by atoms with Crippen LogP contribution in [0.4, 0.5) is 0 Å². The molecule has 1 fully saturated rings. The summed E-state index contributed by atoms with van der Waals surface area (Å²) in [6.45, 7) is 6.78. The molecule has 1 aliphatic heterocycles. The molecule has 1 aromatic rings. The average molecular weight is 308 g/mol. The minimum absolute atomic E-state index is 0.00720. The van der Waals surface area contributed by atoms with Crippen LogP contribution in [0.15, 0.2) is 36.3 Å². The molecule has 0 spiro atoms. The molecule has 1 saturated heterocycles. The third-order valence-corrected chi connectivity index (χ3v) is 4.64. The summed E-state index contributed by atoms with van der Waals surface area (Å²) in [4.78, 5) is 14.2. The van der Waals surface area contributed by atoms with Gasteiger partial charge in [-0.3, -0.25) is 4.79 Å². The van der Waals surface area contributed by atoms with E-state index in [0.717, 1.165) is 17.4 Å². The van der Waals surface area contributed by atoms with Crippen LogP contribution < -0.4 is 4.72 Å². The molecule has 1 heterocycles. The molecule has 1 amide bonds. The smallest absolute Gasteiger partial charge is 0.253 e. The minimum atomic E-state index is -3.39. The summed E-state index contributed by atoms with van der Waals surface area (Å²) < 4.78 is 25.1. The molecule has 6 heteroatoms. The highest BCUT2D eigenvalue weighted by Gasteiger charge is 2.27. The normalized spacial score (nSPS) is 18.7. The molecular weight excluding hydrogens is 288 g/mol. The van der Waals surface area contributed by atoms with Crippen molar-refractivity contribution in [3.63, 3.8) is 0 Å². The lowest BCUT2D eigenvalue weighted by atomic mass is 10.1. The maximum atomic E-state index is 12.4. The Hall–Kier alpha value is -1.66. The van der Waals surface area contributed by atoms with Gasteiger partial charge in [0.2, 0.25) is 10.0 Å². The molecule has 0 saturated carbocycles. The van der Waals surface area contributed by atoms with Crippen LogP contribution in [-0.2, 0) is 10.0 Å². The van der Waals surface area contributed by atoms with Gasteiger partial charge in [0.15, 0.2) is 0 Å². The van der Waals surface area contributed by atoms with E-state index in [1.54, 1.807) is 4.90 Å². The molecule has 1 aromatic carbocycles. The first-order chi connectivity index (χ1) is 9.91. The zero-order valence-corrected chi connectivity index (χ0v) is 12.9. The summed E-state index contributed by atoms with van der Waals surface area (Å²) in [7, 11) is -3.39. The fourth-order valence-electron chi connectivity index (χ4n) is 2.44. The van der Waals surface area contributed by atoms with Crippen molar-refractivity contribution in [2.75, 3.05) is 19.6 Å². The van der Waals surface area contributed by atoms with E-state index >= 15 is 0 Å². The highest BCUT2D eigenvalue weighted by atomic mass is 32.2. The van der Waals surface area contributed by atoms with Crippen molar-refractivity contribution in [2.24, 2.45) is 5.92 Å². The predicted molar refractivity (Wildman–Crippen MR) is 82.3 cm³/mol. The highest BCUT2D eigenvalue weighted by Crippen LogP contribution is 2.19. The van der Waals surface area contributed by atoms with Crippen LogP contribution in [0.3, 0.4) is 0 Å². The van der Waals surface area contributed by atoms with E-state index in [1.807, 2.05) is 31.2 Å². The molecule has 1 aliphatic rings. The highest BCUT2D eigenvalue weighted by molar-refractivity contribution is 7.92. The van der Waals surface area contributed by atoms with Gasteiger partial charge >= 0.3 is 0 Å². The first-order valence-electron chi connectivity index (χ1n) is 6.89. The maximum Gasteiger partial charge on any atom is 0.253 e. The molecule has 2 rings (SSSR count). The lowest BCUT2D eigenvalue weighted by molar-refractivity contribution is 0.0787. The third-order valence-electron chi connectivity index (χ3n) is 3.63. The van der Waals surface area contributed by atoms with E-state index in [-0.39, 0.29) is 11.8 Å². The molecule has 0 bridgehead atoms. The van der Waals surface area contributed by atoms with Gasteiger partial charge in [0, 0.05) is 30.6 Å². The van der Waals surface area contributed by atoms with E-state index in [1.165, 1.54) is 0 Å². The summed E-state index contributed by atoms with van der Waals surface area (Å²) >= 11 is 0. The van der Waals surface area contributed by atoms with Crippen LogP contribution in [0.1, 0.15) is 22.3 Å². The summed E-state index contributed by atoms with van der Waals surface area (Å²) in [5.74, 6) is 0.154. The maximum absolute atomic E-state index is 12.4. The Labute approximate surface area is 125 Å². The SMILES string of the molecule is C=CS(=O)(=O)NC[C@H]1CCN(C(=O)c2cccc(C)c2)C1. The molecular formula is C15H20N2O3S. The molecule has 0 radical (unpaired) electrons. The van der Waals surface area contributed by atoms with E-state index < -0.39 is 10.0 Å². The summed E-state index contributed by atoms with van der Waals surface area (Å²) in [5.41, 5.74) is 1.73. The summed E-state index contributed by atoms with van der Waals surface area (Å²) in [6, 6.07) is 7.50. The number of hydrogen-bond acceptors (Lipinski definition) is 3. The van der Waals surface area contributed by atoms with E-state index in [9.17, 15) is 13.2 Å². The number of benzene rings is 1.